The molecule has 0 aliphatic heterocycles. The molecule has 0 aromatic heterocycles. The van der Waals surface area contributed by atoms with E-state index in [1.54, 1.807) is 0 Å². The molecule has 0 aliphatic rings. The number of hydrogen-bond donors (Lipinski definition) is 1. The van der Waals surface area contributed by atoms with Gasteiger partial charge in [0.05, 0.1) is 0 Å². The predicted molar refractivity (Wildman–Crippen MR) is 123 cm³/mol. The molecule has 0 radical (unpaired) electrons. The number of anilines is 4. The van der Waals surface area contributed by atoms with E-state index < -0.39 is 0 Å². The Bertz CT molecular complexity index is 782. The molecular weight excluding hydrogens is 340 g/mol. The SMILES string of the molecule is CCCCc1ccc(N(c2ccc(N)cc2)c2ccc(CCCC)cc2)cc1. The van der Waals surface area contributed by atoms with Crippen LogP contribution in [-0.4, -0.2) is 0 Å². The zero-order valence-electron chi connectivity index (χ0n) is 17.2. The molecule has 0 amide bonds. The molecule has 0 saturated carbocycles. The number of nitrogens with two attached hydrogens (primary N) is 1. The summed E-state index contributed by atoms with van der Waals surface area (Å²) < 4.78 is 0. The van der Waals surface area contributed by atoms with E-state index in [0.29, 0.717) is 0 Å². The summed E-state index contributed by atoms with van der Waals surface area (Å²) in [5.41, 5.74) is 13.0. The summed E-state index contributed by atoms with van der Waals surface area (Å²) in [5.74, 6) is 0. The quantitative estimate of drug-likeness (QED) is 0.396. The fraction of sp³-hybridized carbons (Fsp3) is 0.308. The molecule has 146 valence electrons. The fourth-order valence-electron chi connectivity index (χ4n) is 3.46. The van der Waals surface area contributed by atoms with Crippen LogP contribution in [0.4, 0.5) is 22.7 Å². The number of hydrogen-bond acceptors (Lipinski definition) is 2. The van der Waals surface area contributed by atoms with Gasteiger partial charge in [0.1, 0.15) is 0 Å². The first-order valence-electron chi connectivity index (χ1n) is 10.5. The molecule has 0 saturated heterocycles. The molecule has 2 nitrogen and oxygen atoms in total. The Morgan fingerprint density at radius 1 is 0.571 bits per heavy atom. The van der Waals surface area contributed by atoms with Crippen LogP contribution in [0.25, 0.3) is 0 Å². The second kappa shape index (κ2) is 9.98. The highest BCUT2D eigenvalue weighted by molar-refractivity contribution is 5.77. The number of unbranched alkanes of at least 4 members (excludes halogenated alkanes) is 2. The van der Waals surface area contributed by atoms with Crippen molar-refractivity contribution in [1.29, 1.82) is 0 Å². The molecule has 3 rings (SSSR count). The van der Waals surface area contributed by atoms with Crippen LogP contribution < -0.4 is 10.6 Å². The maximum absolute atomic E-state index is 5.92. The first-order valence-corrected chi connectivity index (χ1v) is 10.5. The minimum Gasteiger partial charge on any atom is -0.399 e. The van der Waals surface area contributed by atoms with Gasteiger partial charge in [0.2, 0.25) is 0 Å². The molecule has 2 N–H and O–H groups in total. The van der Waals surface area contributed by atoms with Gasteiger partial charge in [-0.25, -0.2) is 0 Å². The average Bonchev–Trinajstić information content (AvgIpc) is 2.74. The van der Waals surface area contributed by atoms with Gasteiger partial charge >= 0.3 is 0 Å². The molecule has 2 heteroatoms. The van der Waals surface area contributed by atoms with Gasteiger partial charge in [0.25, 0.3) is 0 Å². The van der Waals surface area contributed by atoms with Gasteiger partial charge in [0.15, 0.2) is 0 Å². The van der Waals surface area contributed by atoms with Crippen molar-refractivity contribution in [2.45, 2.75) is 52.4 Å². The summed E-state index contributed by atoms with van der Waals surface area (Å²) in [7, 11) is 0. The smallest absolute Gasteiger partial charge is 0.0463 e. The van der Waals surface area contributed by atoms with Crippen LogP contribution >= 0.6 is 0 Å². The van der Waals surface area contributed by atoms with E-state index in [9.17, 15) is 0 Å². The Morgan fingerprint density at radius 3 is 1.29 bits per heavy atom. The Kier molecular flexibility index (Phi) is 7.13. The lowest BCUT2D eigenvalue weighted by atomic mass is 10.1. The summed E-state index contributed by atoms with van der Waals surface area (Å²) in [5, 5.41) is 0. The topological polar surface area (TPSA) is 29.3 Å². The zero-order valence-corrected chi connectivity index (χ0v) is 17.2. The molecule has 0 heterocycles. The Morgan fingerprint density at radius 2 is 0.929 bits per heavy atom. The molecule has 0 aliphatic carbocycles. The number of aryl methyl sites for hydroxylation is 2. The lowest BCUT2D eigenvalue weighted by molar-refractivity contribution is 0.795. The van der Waals surface area contributed by atoms with E-state index in [2.05, 4.69) is 79.4 Å². The highest BCUT2D eigenvalue weighted by Gasteiger charge is 2.12. The van der Waals surface area contributed by atoms with Gasteiger partial charge < -0.3 is 10.6 Å². The van der Waals surface area contributed by atoms with Crippen LogP contribution in [0, 0.1) is 0 Å². The fourth-order valence-corrected chi connectivity index (χ4v) is 3.46. The van der Waals surface area contributed by atoms with Gasteiger partial charge in [-0.05, 0) is 85.3 Å². The minimum atomic E-state index is 0.786. The predicted octanol–water partition coefficient (Wildman–Crippen LogP) is 7.42. The Hall–Kier alpha value is -2.74. The van der Waals surface area contributed by atoms with Crippen molar-refractivity contribution in [3.05, 3.63) is 83.9 Å². The second-order valence-electron chi connectivity index (χ2n) is 7.47. The monoisotopic (exact) mass is 372 g/mol. The van der Waals surface area contributed by atoms with Crippen molar-refractivity contribution in [2.75, 3.05) is 10.6 Å². The number of rotatable bonds is 9. The van der Waals surface area contributed by atoms with Crippen LogP contribution in [0.2, 0.25) is 0 Å². The molecule has 28 heavy (non-hydrogen) atoms. The van der Waals surface area contributed by atoms with E-state index in [-0.39, 0.29) is 0 Å². The van der Waals surface area contributed by atoms with Crippen LogP contribution in [0.5, 0.6) is 0 Å². The first kappa shape index (κ1) is 20.0. The highest BCUT2D eigenvalue weighted by Crippen LogP contribution is 2.35. The van der Waals surface area contributed by atoms with E-state index in [1.807, 2.05) is 12.1 Å². The third-order valence-electron chi connectivity index (χ3n) is 5.18. The van der Waals surface area contributed by atoms with Gasteiger partial charge in [-0.1, -0.05) is 51.0 Å². The molecule has 0 bridgehead atoms. The standard InChI is InChI=1S/C26H32N2/c1-3-5-7-21-9-15-24(16-10-21)28(26-19-13-23(27)14-20-26)25-17-11-22(12-18-25)8-6-4-2/h9-20H,3-8,27H2,1-2H3. The van der Waals surface area contributed by atoms with Gasteiger partial charge in [-0.15, -0.1) is 0 Å². The van der Waals surface area contributed by atoms with Crippen LogP contribution in [-0.2, 0) is 12.8 Å². The molecule has 0 fully saturated rings. The summed E-state index contributed by atoms with van der Waals surface area (Å²) in [6, 6.07) is 26.0. The highest BCUT2D eigenvalue weighted by atomic mass is 15.1. The van der Waals surface area contributed by atoms with Gasteiger partial charge in [0, 0.05) is 22.7 Å². The Balaban J connectivity index is 1.92. The molecule has 3 aromatic rings. The van der Waals surface area contributed by atoms with Crippen LogP contribution in [0.15, 0.2) is 72.8 Å². The molecule has 3 aromatic carbocycles. The van der Waals surface area contributed by atoms with Gasteiger partial charge in [-0.2, -0.15) is 0 Å². The molecular formula is C26H32N2. The second-order valence-corrected chi connectivity index (χ2v) is 7.47. The lowest BCUT2D eigenvalue weighted by Crippen LogP contribution is -2.10. The molecule has 0 unspecified atom stereocenters. The van der Waals surface area contributed by atoms with Crippen LogP contribution in [0.3, 0.4) is 0 Å². The minimum absolute atomic E-state index is 0.786. The summed E-state index contributed by atoms with van der Waals surface area (Å²) in [6.45, 7) is 4.47. The van der Waals surface area contributed by atoms with Crippen molar-refractivity contribution in [3.8, 4) is 0 Å². The summed E-state index contributed by atoms with van der Waals surface area (Å²) in [6.07, 6.45) is 7.21. The van der Waals surface area contributed by atoms with Crippen molar-refractivity contribution < 1.29 is 0 Å². The lowest BCUT2D eigenvalue weighted by Gasteiger charge is -2.26. The van der Waals surface area contributed by atoms with E-state index in [0.717, 1.165) is 24.2 Å². The maximum atomic E-state index is 5.92. The zero-order chi connectivity index (χ0) is 19.8. The Labute approximate surface area is 170 Å². The van der Waals surface area contributed by atoms with Crippen molar-refractivity contribution >= 4 is 22.7 Å². The number of benzene rings is 3. The molecule has 0 atom stereocenters. The summed E-state index contributed by atoms with van der Waals surface area (Å²) in [4.78, 5) is 2.30. The first-order chi connectivity index (χ1) is 13.7. The van der Waals surface area contributed by atoms with Crippen molar-refractivity contribution in [3.63, 3.8) is 0 Å². The normalized spacial score (nSPS) is 10.8. The van der Waals surface area contributed by atoms with E-state index >= 15 is 0 Å². The van der Waals surface area contributed by atoms with Gasteiger partial charge in [-0.3, -0.25) is 0 Å². The largest absolute Gasteiger partial charge is 0.399 e. The average molecular weight is 373 g/mol. The third-order valence-corrected chi connectivity index (χ3v) is 5.18. The number of nitrogens with zero attached hydrogens (tertiary/aromatic N) is 1. The van der Waals surface area contributed by atoms with E-state index in [1.165, 1.54) is 48.2 Å². The van der Waals surface area contributed by atoms with Crippen molar-refractivity contribution in [2.24, 2.45) is 0 Å². The summed E-state index contributed by atoms with van der Waals surface area (Å²) >= 11 is 0. The van der Waals surface area contributed by atoms with Crippen molar-refractivity contribution in [1.82, 2.24) is 0 Å². The van der Waals surface area contributed by atoms with E-state index in [4.69, 9.17) is 5.73 Å². The van der Waals surface area contributed by atoms with Crippen LogP contribution in [0.1, 0.15) is 50.7 Å². The third kappa shape index (κ3) is 5.16. The molecule has 0 spiro atoms. The number of nitrogen functional groups attached to an aromatic ring is 1. The maximum Gasteiger partial charge on any atom is 0.0463 e.